The van der Waals surface area contributed by atoms with Gasteiger partial charge in [-0.25, -0.2) is 0 Å². The molecule has 1 aliphatic heterocycles. The van der Waals surface area contributed by atoms with E-state index in [0.717, 1.165) is 0 Å². The van der Waals surface area contributed by atoms with Crippen LogP contribution in [0.15, 0.2) is 30.3 Å². The highest BCUT2D eigenvalue weighted by Gasteiger charge is 2.44. The molecule has 0 spiro atoms. The van der Waals surface area contributed by atoms with E-state index in [4.69, 9.17) is 4.74 Å². The average Bonchev–Trinajstić information content (AvgIpc) is 2.55. The first kappa shape index (κ1) is 15.1. The van der Waals surface area contributed by atoms with Gasteiger partial charge in [0.1, 0.15) is 0 Å². The van der Waals surface area contributed by atoms with Crippen LogP contribution >= 0.6 is 0 Å². The Morgan fingerprint density at radius 2 is 1.62 bits per heavy atom. The van der Waals surface area contributed by atoms with Gasteiger partial charge >= 0.3 is 0 Å². The summed E-state index contributed by atoms with van der Waals surface area (Å²) in [4.78, 5) is 0. The van der Waals surface area contributed by atoms with Gasteiger partial charge in [0.25, 0.3) is 0 Å². The van der Waals surface area contributed by atoms with E-state index in [1.165, 1.54) is 37.7 Å². The lowest BCUT2D eigenvalue weighted by molar-refractivity contribution is -0.186. The maximum absolute atomic E-state index is 10.7. The van der Waals surface area contributed by atoms with Crippen molar-refractivity contribution in [1.29, 1.82) is 0 Å². The van der Waals surface area contributed by atoms with Gasteiger partial charge in [0, 0.05) is 11.8 Å². The van der Waals surface area contributed by atoms with Gasteiger partial charge in [-0.05, 0) is 24.3 Å². The smallest absolute Gasteiger partial charge is 0.0879 e. The number of hydrogen-bond donors (Lipinski definition) is 1. The van der Waals surface area contributed by atoms with Crippen LogP contribution in [0.25, 0.3) is 0 Å². The van der Waals surface area contributed by atoms with E-state index < -0.39 is 0 Å². The highest BCUT2D eigenvalue weighted by Crippen LogP contribution is 2.44. The topological polar surface area (TPSA) is 29.5 Å². The van der Waals surface area contributed by atoms with Crippen molar-refractivity contribution in [3.8, 4) is 0 Å². The molecule has 21 heavy (non-hydrogen) atoms. The molecule has 5 atom stereocenters. The van der Waals surface area contributed by atoms with Crippen LogP contribution in [0.2, 0.25) is 0 Å². The number of benzene rings is 1. The van der Waals surface area contributed by atoms with Crippen molar-refractivity contribution in [3.05, 3.63) is 35.9 Å². The molecule has 1 saturated carbocycles. The third-order valence-electron chi connectivity index (χ3n) is 5.62. The third-order valence-corrected chi connectivity index (χ3v) is 5.62. The van der Waals surface area contributed by atoms with E-state index in [1.54, 1.807) is 0 Å². The summed E-state index contributed by atoms with van der Waals surface area (Å²) in [5.74, 6) is 1.02. The molecule has 1 aromatic rings. The van der Waals surface area contributed by atoms with Crippen molar-refractivity contribution in [2.45, 2.75) is 64.3 Å². The molecule has 0 radical (unpaired) electrons. The van der Waals surface area contributed by atoms with Crippen LogP contribution in [0.5, 0.6) is 0 Å². The van der Waals surface area contributed by atoms with Gasteiger partial charge in [-0.2, -0.15) is 0 Å². The number of aliphatic hydroxyl groups is 1. The fourth-order valence-corrected chi connectivity index (χ4v) is 4.30. The lowest BCUT2D eigenvalue weighted by Crippen LogP contribution is -2.48. The highest BCUT2D eigenvalue weighted by atomic mass is 16.5. The molecule has 1 aromatic carbocycles. The van der Waals surface area contributed by atoms with Crippen LogP contribution in [-0.4, -0.2) is 17.3 Å². The lowest BCUT2D eigenvalue weighted by atomic mass is 9.73. The summed E-state index contributed by atoms with van der Waals surface area (Å²) in [6.07, 6.45) is 6.49. The standard InChI is InChI=1S/C19H28O2/c1-13-17(20)14(2)19(16-11-7-4-8-12-16)21-18(13)15-9-5-3-6-10-15/h3,5-6,9-10,13-14,16-20H,4,7-8,11-12H2,1-2H3/t13-,14+,17-,18-,19+/m0/s1. The van der Waals surface area contributed by atoms with Crippen molar-refractivity contribution >= 4 is 0 Å². The fraction of sp³-hybridized carbons (Fsp3) is 0.684. The van der Waals surface area contributed by atoms with Gasteiger partial charge in [0.2, 0.25) is 0 Å². The quantitative estimate of drug-likeness (QED) is 0.877. The maximum atomic E-state index is 10.7. The number of ether oxygens (including phenoxy) is 1. The first-order valence-electron chi connectivity index (χ1n) is 8.57. The number of rotatable bonds is 2. The van der Waals surface area contributed by atoms with Crippen molar-refractivity contribution in [1.82, 2.24) is 0 Å². The second-order valence-electron chi connectivity index (χ2n) is 7.04. The summed E-state index contributed by atoms with van der Waals surface area (Å²) in [5.41, 5.74) is 1.21. The lowest BCUT2D eigenvalue weighted by Gasteiger charge is -2.46. The molecule has 1 N–H and O–H groups in total. The Morgan fingerprint density at radius 3 is 2.29 bits per heavy atom. The molecule has 0 unspecified atom stereocenters. The largest absolute Gasteiger partial charge is 0.392 e. The molecule has 2 fully saturated rings. The van der Waals surface area contributed by atoms with E-state index in [1.807, 2.05) is 6.07 Å². The van der Waals surface area contributed by atoms with Crippen LogP contribution in [0, 0.1) is 17.8 Å². The van der Waals surface area contributed by atoms with Crippen molar-refractivity contribution in [3.63, 3.8) is 0 Å². The Labute approximate surface area is 128 Å². The summed E-state index contributed by atoms with van der Waals surface area (Å²) < 4.78 is 6.55. The summed E-state index contributed by atoms with van der Waals surface area (Å²) >= 11 is 0. The predicted octanol–water partition coefficient (Wildman–Crippen LogP) is 4.34. The van der Waals surface area contributed by atoms with E-state index in [-0.39, 0.29) is 30.1 Å². The van der Waals surface area contributed by atoms with Crippen LogP contribution in [-0.2, 0) is 4.74 Å². The van der Waals surface area contributed by atoms with Crippen LogP contribution < -0.4 is 0 Å². The molecule has 116 valence electrons. The van der Waals surface area contributed by atoms with Crippen LogP contribution in [0.3, 0.4) is 0 Å². The first-order chi connectivity index (χ1) is 10.2. The molecule has 0 bridgehead atoms. The SMILES string of the molecule is C[C@@H]1[C@@H](O)[C@H](C)[C@@H](c2ccccc2)O[C@H]1C1CCCCC1. The molecular weight excluding hydrogens is 260 g/mol. The minimum absolute atomic E-state index is 0.0318. The molecule has 1 heterocycles. The van der Waals surface area contributed by atoms with E-state index >= 15 is 0 Å². The fourth-order valence-electron chi connectivity index (χ4n) is 4.30. The van der Waals surface area contributed by atoms with E-state index in [0.29, 0.717) is 5.92 Å². The normalized spacial score (nSPS) is 38.3. The van der Waals surface area contributed by atoms with Crippen molar-refractivity contribution in [2.75, 3.05) is 0 Å². The van der Waals surface area contributed by atoms with Gasteiger partial charge in [-0.1, -0.05) is 63.4 Å². The highest BCUT2D eigenvalue weighted by molar-refractivity contribution is 5.19. The molecule has 0 aromatic heterocycles. The average molecular weight is 288 g/mol. The Hall–Kier alpha value is -0.860. The maximum Gasteiger partial charge on any atom is 0.0879 e. The van der Waals surface area contributed by atoms with Crippen molar-refractivity contribution < 1.29 is 9.84 Å². The van der Waals surface area contributed by atoms with Gasteiger partial charge in [-0.15, -0.1) is 0 Å². The third kappa shape index (κ3) is 3.02. The molecule has 2 heteroatoms. The van der Waals surface area contributed by atoms with Crippen molar-refractivity contribution in [2.24, 2.45) is 17.8 Å². The molecular formula is C19H28O2. The van der Waals surface area contributed by atoms with Gasteiger partial charge in [0.15, 0.2) is 0 Å². The molecule has 1 aliphatic carbocycles. The summed E-state index contributed by atoms with van der Waals surface area (Å²) in [6, 6.07) is 10.4. The van der Waals surface area contributed by atoms with Crippen LogP contribution in [0.4, 0.5) is 0 Å². The Kier molecular flexibility index (Phi) is 4.66. The number of hydrogen-bond acceptors (Lipinski definition) is 2. The van der Waals surface area contributed by atoms with Gasteiger partial charge in [0.05, 0.1) is 18.3 Å². The molecule has 2 aliphatic rings. The summed E-state index contributed by atoms with van der Waals surface area (Å²) in [7, 11) is 0. The van der Waals surface area contributed by atoms with Gasteiger partial charge < -0.3 is 9.84 Å². The van der Waals surface area contributed by atoms with E-state index in [9.17, 15) is 5.11 Å². The first-order valence-corrected chi connectivity index (χ1v) is 8.57. The zero-order valence-electron chi connectivity index (χ0n) is 13.2. The Morgan fingerprint density at radius 1 is 0.952 bits per heavy atom. The second kappa shape index (κ2) is 6.50. The molecule has 3 rings (SSSR count). The number of aliphatic hydroxyl groups excluding tert-OH is 1. The molecule has 0 amide bonds. The minimum Gasteiger partial charge on any atom is -0.392 e. The Balaban J connectivity index is 1.81. The predicted molar refractivity (Wildman–Crippen MR) is 85.0 cm³/mol. The van der Waals surface area contributed by atoms with Crippen LogP contribution in [0.1, 0.15) is 57.6 Å². The zero-order chi connectivity index (χ0) is 14.8. The minimum atomic E-state index is -0.268. The second-order valence-corrected chi connectivity index (χ2v) is 7.04. The Bertz CT molecular complexity index is 436. The summed E-state index contributed by atoms with van der Waals surface area (Å²) in [5, 5.41) is 10.7. The zero-order valence-corrected chi connectivity index (χ0v) is 13.2. The van der Waals surface area contributed by atoms with Gasteiger partial charge in [-0.3, -0.25) is 0 Å². The molecule has 1 saturated heterocycles. The monoisotopic (exact) mass is 288 g/mol. The summed E-state index contributed by atoms with van der Waals surface area (Å²) in [6.45, 7) is 4.29. The molecule has 2 nitrogen and oxygen atoms in total. The van der Waals surface area contributed by atoms with E-state index in [2.05, 4.69) is 38.1 Å².